The molecule has 1 aromatic rings. The van der Waals surface area contributed by atoms with E-state index in [2.05, 4.69) is 10.2 Å². The van der Waals surface area contributed by atoms with Crippen molar-refractivity contribution in [2.75, 3.05) is 46.4 Å². The minimum atomic E-state index is -0.470. The summed E-state index contributed by atoms with van der Waals surface area (Å²) < 4.78 is 10.7. The maximum absolute atomic E-state index is 12.1. The summed E-state index contributed by atoms with van der Waals surface area (Å²) in [6.07, 6.45) is 0.841. The van der Waals surface area contributed by atoms with Crippen molar-refractivity contribution in [2.45, 2.75) is 39.2 Å². The third kappa shape index (κ3) is 7.38. The lowest BCUT2D eigenvalue weighted by Crippen LogP contribution is -2.51. The van der Waals surface area contributed by atoms with Gasteiger partial charge in [-0.15, -0.1) is 0 Å². The molecule has 0 bridgehead atoms. The van der Waals surface area contributed by atoms with Gasteiger partial charge in [-0.3, -0.25) is 9.69 Å². The zero-order valence-corrected chi connectivity index (χ0v) is 17.5. The monoisotopic (exact) mass is 391 g/mol. The fraction of sp³-hybridized carbons (Fsp3) is 0.619. The number of benzene rings is 1. The minimum absolute atomic E-state index is 0.0401. The third-order valence-electron chi connectivity index (χ3n) is 4.59. The van der Waals surface area contributed by atoms with E-state index >= 15 is 0 Å². The lowest BCUT2D eigenvalue weighted by Gasteiger charge is -2.35. The Balaban J connectivity index is 1.62. The van der Waals surface area contributed by atoms with Gasteiger partial charge < -0.3 is 19.7 Å². The second-order valence-corrected chi connectivity index (χ2v) is 7.97. The van der Waals surface area contributed by atoms with Crippen LogP contribution in [0.25, 0.3) is 0 Å². The molecule has 0 unspecified atom stereocenters. The van der Waals surface area contributed by atoms with E-state index in [4.69, 9.17) is 9.47 Å². The molecule has 2 rings (SSSR count). The highest BCUT2D eigenvalue weighted by Gasteiger charge is 2.25. The lowest BCUT2D eigenvalue weighted by atomic mass is 10.1. The Bertz CT molecular complexity index is 649. The normalized spacial score (nSPS) is 15.2. The van der Waals surface area contributed by atoms with Crippen LogP contribution in [0.4, 0.5) is 4.79 Å². The molecule has 7 nitrogen and oxygen atoms in total. The van der Waals surface area contributed by atoms with E-state index in [1.807, 2.05) is 45.0 Å². The van der Waals surface area contributed by atoms with Gasteiger partial charge in [0.15, 0.2) is 0 Å². The molecule has 1 heterocycles. The van der Waals surface area contributed by atoms with E-state index < -0.39 is 5.60 Å². The number of amides is 2. The highest BCUT2D eigenvalue weighted by atomic mass is 16.6. The Morgan fingerprint density at radius 3 is 2.43 bits per heavy atom. The molecule has 0 aliphatic carbocycles. The van der Waals surface area contributed by atoms with Crippen molar-refractivity contribution in [3.63, 3.8) is 0 Å². The van der Waals surface area contributed by atoms with Crippen LogP contribution in [0, 0.1) is 0 Å². The van der Waals surface area contributed by atoms with Crippen LogP contribution in [-0.2, 0) is 16.0 Å². The number of rotatable bonds is 7. The molecule has 1 aliphatic heterocycles. The molecule has 156 valence electrons. The van der Waals surface area contributed by atoms with Crippen molar-refractivity contribution >= 4 is 12.0 Å². The van der Waals surface area contributed by atoms with Gasteiger partial charge >= 0.3 is 6.09 Å². The summed E-state index contributed by atoms with van der Waals surface area (Å²) in [6, 6.07) is 7.76. The number of nitrogens with zero attached hydrogens (tertiary/aromatic N) is 2. The fourth-order valence-electron chi connectivity index (χ4n) is 3.08. The van der Waals surface area contributed by atoms with Crippen LogP contribution in [0.2, 0.25) is 0 Å². The van der Waals surface area contributed by atoms with E-state index in [9.17, 15) is 9.59 Å². The van der Waals surface area contributed by atoms with Gasteiger partial charge in [-0.05, 0) is 38.8 Å². The Morgan fingerprint density at radius 2 is 1.79 bits per heavy atom. The highest BCUT2D eigenvalue weighted by Crippen LogP contribution is 2.18. The minimum Gasteiger partial charge on any atom is -0.496 e. The lowest BCUT2D eigenvalue weighted by molar-refractivity contribution is -0.121. The molecular formula is C21H33N3O4. The number of methoxy groups -OCH3 is 1. The number of piperazine rings is 1. The predicted octanol–water partition coefficient (Wildman–Crippen LogP) is 2.30. The van der Waals surface area contributed by atoms with Crippen molar-refractivity contribution in [2.24, 2.45) is 0 Å². The van der Waals surface area contributed by atoms with Crippen molar-refractivity contribution < 1.29 is 19.1 Å². The molecular weight excluding hydrogens is 358 g/mol. The summed E-state index contributed by atoms with van der Waals surface area (Å²) in [5.41, 5.74) is 0.570. The van der Waals surface area contributed by atoms with Gasteiger partial charge in [0, 0.05) is 45.7 Å². The number of aryl methyl sites for hydroxylation is 1. The first-order valence-corrected chi connectivity index (χ1v) is 9.87. The Hall–Kier alpha value is -2.28. The molecule has 0 atom stereocenters. The summed E-state index contributed by atoms with van der Waals surface area (Å²) in [5, 5.41) is 2.98. The topological polar surface area (TPSA) is 71.1 Å². The fourth-order valence-corrected chi connectivity index (χ4v) is 3.08. The maximum Gasteiger partial charge on any atom is 0.410 e. The molecule has 28 heavy (non-hydrogen) atoms. The number of para-hydroxylation sites is 1. The van der Waals surface area contributed by atoms with E-state index in [0.717, 1.165) is 30.9 Å². The average molecular weight is 392 g/mol. The Kier molecular flexibility index (Phi) is 8.11. The van der Waals surface area contributed by atoms with Gasteiger partial charge in [0.2, 0.25) is 5.91 Å². The first-order valence-electron chi connectivity index (χ1n) is 9.87. The number of hydrogen-bond donors (Lipinski definition) is 1. The van der Waals surface area contributed by atoms with Gasteiger partial charge in [0.25, 0.3) is 0 Å². The van der Waals surface area contributed by atoms with Crippen molar-refractivity contribution in [3.8, 4) is 5.75 Å². The molecule has 0 radical (unpaired) electrons. The van der Waals surface area contributed by atoms with Crippen LogP contribution >= 0.6 is 0 Å². The number of nitrogens with one attached hydrogen (secondary N) is 1. The molecule has 7 heteroatoms. The van der Waals surface area contributed by atoms with Crippen molar-refractivity contribution in [3.05, 3.63) is 29.8 Å². The molecule has 2 amide bonds. The van der Waals surface area contributed by atoms with Crippen LogP contribution in [0.5, 0.6) is 5.75 Å². The van der Waals surface area contributed by atoms with Crippen molar-refractivity contribution in [1.82, 2.24) is 15.1 Å². The quantitative estimate of drug-likeness (QED) is 0.772. The van der Waals surface area contributed by atoms with Gasteiger partial charge in [-0.2, -0.15) is 0 Å². The van der Waals surface area contributed by atoms with E-state index in [-0.39, 0.29) is 12.0 Å². The number of hydrogen-bond acceptors (Lipinski definition) is 5. The SMILES string of the molecule is COc1ccccc1CCC(=O)NCCN1CCN(C(=O)OC(C)(C)C)CC1. The molecule has 1 aliphatic rings. The zero-order chi connectivity index (χ0) is 20.6. The van der Waals surface area contributed by atoms with Crippen LogP contribution in [-0.4, -0.2) is 73.8 Å². The largest absolute Gasteiger partial charge is 0.496 e. The highest BCUT2D eigenvalue weighted by molar-refractivity contribution is 5.76. The molecule has 0 saturated carbocycles. The first kappa shape index (κ1) is 22.0. The molecule has 1 aromatic carbocycles. The predicted molar refractivity (Wildman–Crippen MR) is 109 cm³/mol. The number of carbonyl (C=O) groups excluding carboxylic acids is 2. The summed E-state index contributed by atoms with van der Waals surface area (Å²) in [6.45, 7) is 9.88. The zero-order valence-electron chi connectivity index (χ0n) is 17.5. The summed E-state index contributed by atoms with van der Waals surface area (Å²) >= 11 is 0. The first-order chi connectivity index (χ1) is 13.3. The summed E-state index contributed by atoms with van der Waals surface area (Å²) in [5.74, 6) is 0.858. The molecule has 0 aromatic heterocycles. The molecule has 0 spiro atoms. The van der Waals surface area contributed by atoms with Gasteiger partial charge in [-0.25, -0.2) is 4.79 Å². The Labute approximate surface area is 168 Å². The van der Waals surface area contributed by atoms with Crippen LogP contribution in [0.15, 0.2) is 24.3 Å². The number of carbonyl (C=O) groups is 2. The van der Waals surface area contributed by atoms with Gasteiger partial charge in [0.1, 0.15) is 11.4 Å². The number of ether oxygens (including phenoxy) is 2. The molecule has 1 saturated heterocycles. The van der Waals surface area contributed by atoms with Crippen LogP contribution in [0.3, 0.4) is 0 Å². The molecule has 1 fully saturated rings. The summed E-state index contributed by atoms with van der Waals surface area (Å²) in [4.78, 5) is 28.2. The standard InChI is InChI=1S/C21H33N3O4/c1-21(2,3)28-20(26)24-15-13-23(14-16-24)12-11-22-19(25)10-9-17-7-5-6-8-18(17)27-4/h5-8H,9-16H2,1-4H3,(H,22,25). The molecule has 1 N–H and O–H groups in total. The van der Waals surface area contributed by atoms with E-state index in [1.165, 1.54) is 0 Å². The second-order valence-electron chi connectivity index (χ2n) is 7.97. The Morgan fingerprint density at radius 1 is 1.11 bits per heavy atom. The van der Waals surface area contributed by atoms with Crippen molar-refractivity contribution in [1.29, 1.82) is 0 Å². The summed E-state index contributed by atoms with van der Waals surface area (Å²) in [7, 11) is 1.64. The van der Waals surface area contributed by atoms with E-state index in [0.29, 0.717) is 32.5 Å². The smallest absolute Gasteiger partial charge is 0.410 e. The maximum atomic E-state index is 12.1. The van der Waals surface area contributed by atoms with Gasteiger partial charge in [0.05, 0.1) is 7.11 Å². The van der Waals surface area contributed by atoms with Crippen LogP contribution < -0.4 is 10.1 Å². The van der Waals surface area contributed by atoms with Gasteiger partial charge in [-0.1, -0.05) is 18.2 Å². The van der Waals surface area contributed by atoms with Crippen LogP contribution in [0.1, 0.15) is 32.8 Å². The third-order valence-corrected chi connectivity index (χ3v) is 4.59. The van der Waals surface area contributed by atoms with E-state index in [1.54, 1.807) is 12.0 Å². The second kappa shape index (κ2) is 10.3. The average Bonchev–Trinajstić information content (AvgIpc) is 2.65.